The van der Waals surface area contributed by atoms with Crippen LogP contribution >= 0.6 is 24.0 Å². The number of nitrogens with one attached hydrogen (secondary N) is 2. The van der Waals surface area contributed by atoms with Crippen LogP contribution in [-0.4, -0.2) is 52.6 Å². The second-order valence-electron chi connectivity index (χ2n) is 7.06. The quantitative estimate of drug-likeness (QED) is 0.344. The Morgan fingerprint density at radius 3 is 2.47 bits per heavy atom. The molecule has 8 heteroatoms. The van der Waals surface area contributed by atoms with Gasteiger partial charge in [0.1, 0.15) is 0 Å². The summed E-state index contributed by atoms with van der Waals surface area (Å²) in [5.74, 6) is 2.44. The molecule has 0 saturated carbocycles. The van der Waals surface area contributed by atoms with Gasteiger partial charge in [0.05, 0.1) is 13.2 Å². The Morgan fingerprint density at radius 2 is 1.70 bits per heavy atom. The van der Waals surface area contributed by atoms with Crippen LogP contribution in [0.4, 0.5) is 5.69 Å². The topological polar surface area (TPSA) is 67.4 Å². The Morgan fingerprint density at radius 1 is 0.967 bits per heavy atom. The van der Waals surface area contributed by atoms with E-state index in [1.54, 1.807) is 7.05 Å². The van der Waals surface area contributed by atoms with Crippen molar-refractivity contribution in [3.63, 3.8) is 0 Å². The molecular weight excluding hydrogens is 495 g/mol. The molecule has 0 amide bonds. The van der Waals surface area contributed by atoms with Crippen molar-refractivity contribution in [3.05, 3.63) is 53.6 Å². The van der Waals surface area contributed by atoms with Gasteiger partial charge >= 0.3 is 0 Å². The average Bonchev–Trinajstić information content (AvgIpc) is 3.25. The molecule has 2 aromatic carbocycles. The molecule has 0 aromatic heterocycles. The van der Waals surface area contributed by atoms with E-state index in [4.69, 9.17) is 14.2 Å². The molecule has 162 valence electrons. The molecule has 2 aliphatic heterocycles. The Kier molecular flexibility index (Phi) is 8.44. The van der Waals surface area contributed by atoms with E-state index in [0.717, 1.165) is 63.3 Å². The van der Waals surface area contributed by atoms with E-state index >= 15 is 0 Å². The Labute approximate surface area is 194 Å². The van der Waals surface area contributed by atoms with E-state index in [1.165, 1.54) is 16.8 Å². The normalized spacial score (nSPS) is 15.5. The number of fused-ring (bicyclic) bond motifs is 1. The first-order valence-electron chi connectivity index (χ1n) is 10.1. The number of ether oxygens (including phenoxy) is 3. The molecule has 0 unspecified atom stereocenters. The lowest BCUT2D eigenvalue weighted by molar-refractivity contribution is 0.122. The highest BCUT2D eigenvalue weighted by Gasteiger charge is 2.13. The summed E-state index contributed by atoms with van der Waals surface area (Å²) in [6.45, 7) is 5.34. The second-order valence-corrected chi connectivity index (χ2v) is 7.06. The van der Waals surface area contributed by atoms with Crippen LogP contribution < -0.4 is 25.0 Å². The molecule has 0 radical (unpaired) electrons. The molecule has 0 aliphatic carbocycles. The van der Waals surface area contributed by atoms with Crippen molar-refractivity contribution in [1.82, 2.24) is 10.6 Å². The molecule has 7 nitrogen and oxygen atoms in total. The summed E-state index contributed by atoms with van der Waals surface area (Å²) in [5, 5.41) is 6.74. The van der Waals surface area contributed by atoms with E-state index in [0.29, 0.717) is 6.79 Å². The Bertz CT molecular complexity index is 839. The first-order valence-corrected chi connectivity index (χ1v) is 10.1. The highest BCUT2D eigenvalue weighted by molar-refractivity contribution is 14.0. The van der Waals surface area contributed by atoms with E-state index in [-0.39, 0.29) is 24.0 Å². The minimum absolute atomic E-state index is 0. The predicted molar refractivity (Wildman–Crippen MR) is 129 cm³/mol. The van der Waals surface area contributed by atoms with Crippen molar-refractivity contribution in [2.24, 2.45) is 4.99 Å². The van der Waals surface area contributed by atoms with Crippen molar-refractivity contribution in [3.8, 4) is 11.5 Å². The molecule has 2 heterocycles. The third kappa shape index (κ3) is 5.91. The van der Waals surface area contributed by atoms with Gasteiger partial charge in [-0.25, -0.2) is 0 Å². The zero-order chi connectivity index (χ0) is 19.9. The van der Waals surface area contributed by atoms with Crippen molar-refractivity contribution in [1.29, 1.82) is 0 Å². The molecule has 2 aliphatic rings. The standard InChI is InChI=1S/C22H28N4O3.HI/c1-23-22(24-9-8-17-4-7-20-21(14-17)29-16-28-20)25-15-18-2-5-19(6-3-18)26-10-12-27-13-11-26;/h2-7,14H,8-13,15-16H2,1H3,(H2,23,24,25);1H. The van der Waals surface area contributed by atoms with Gasteiger partial charge in [-0.05, 0) is 41.8 Å². The minimum atomic E-state index is 0. The Hall–Kier alpha value is -2.20. The van der Waals surface area contributed by atoms with Gasteiger partial charge in [-0.2, -0.15) is 0 Å². The molecule has 1 fully saturated rings. The van der Waals surface area contributed by atoms with Crippen molar-refractivity contribution in [2.45, 2.75) is 13.0 Å². The molecular formula is C22H29IN4O3. The van der Waals surface area contributed by atoms with Crippen molar-refractivity contribution in [2.75, 3.05) is 51.6 Å². The third-order valence-corrected chi connectivity index (χ3v) is 5.14. The summed E-state index contributed by atoms with van der Waals surface area (Å²) < 4.78 is 16.2. The second kappa shape index (κ2) is 11.3. The van der Waals surface area contributed by atoms with Crippen LogP contribution in [0, 0.1) is 0 Å². The fourth-order valence-corrected chi connectivity index (χ4v) is 3.47. The number of anilines is 1. The fourth-order valence-electron chi connectivity index (χ4n) is 3.47. The van der Waals surface area contributed by atoms with E-state index in [1.807, 2.05) is 12.1 Å². The molecule has 4 rings (SSSR count). The number of guanidine groups is 1. The summed E-state index contributed by atoms with van der Waals surface area (Å²) in [6, 6.07) is 14.8. The smallest absolute Gasteiger partial charge is 0.231 e. The lowest BCUT2D eigenvalue weighted by Gasteiger charge is -2.28. The van der Waals surface area contributed by atoms with E-state index < -0.39 is 0 Å². The number of benzene rings is 2. The zero-order valence-corrected chi connectivity index (χ0v) is 19.6. The van der Waals surface area contributed by atoms with Gasteiger partial charge in [0.25, 0.3) is 0 Å². The first-order chi connectivity index (χ1) is 14.3. The summed E-state index contributed by atoms with van der Waals surface area (Å²) in [5.41, 5.74) is 3.68. The lowest BCUT2D eigenvalue weighted by atomic mass is 10.1. The van der Waals surface area contributed by atoms with Crippen LogP contribution in [0.15, 0.2) is 47.5 Å². The maximum Gasteiger partial charge on any atom is 0.231 e. The number of aliphatic imine (C=N–C) groups is 1. The van der Waals surface area contributed by atoms with Crippen LogP contribution in [0.2, 0.25) is 0 Å². The Balaban J connectivity index is 0.00000256. The van der Waals surface area contributed by atoms with Crippen LogP contribution in [-0.2, 0) is 17.7 Å². The predicted octanol–water partition coefficient (Wildman–Crippen LogP) is 2.78. The van der Waals surface area contributed by atoms with Gasteiger partial charge in [0, 0.05) is 38.9 Å². The average molecular weight is 524 g/mol. The summed E-state index contributed by atoms with van der Waals surface area (Å²) in [4.78, 5) is 6.67. The van der Waals surface area contributed by atoms with Gasteiger partial charge < -0.3 is 29.7 Å². The maximum absolute atomic E-state index is 5.43. The van der Waals surface area contributed by atoms with Gasteiger partial charge in [-0.1, -0.05) is 18.2 Å². The lowest BCUT2D eigenvalue weighted by Crippen LogP contribution is -2.38. The third-order valence-electron chi connectivity index (χ3n) is 5.14. The van der Waals surface area contributed by atoms with E-state index in [2.05, 4.69) is 50.9 Å². The molecule has 0 spiro atoms. The first kappa shape index (κ1) is 22.5. The number of halogens is 1. The van der Waals surface area contributed by atoms with E-state index in [9.17, 15) is 0 Å². The molecule has 1 saturated heterocycles. The number of nitrogens with zero attached hydrogens (tertiary/aromatic N) is 2. The van der Waals surface area contributed by atoms with Crippen LogP contribution in [0.25, 0.3) is 0 Å². The summed E-state index contributed by atoms with van der Waals surface area (Å²) in [6.07, 6.45) is 0.881. The SMILES string of the molecule is CN=C(NCCc1ccc2c(c1)OCO2)NCc1ccc(N2CCOCC2)cc1.I. The highest BCUT2D eigenvalue weighted by Crippen LogP contribution is 2.32. The monoisotopic (exact) mass is 524 g/mol. The van der Waals surface area contributed by atoms with Gasteiger partial charge in [-0.3, -0.25) is 4.99 Å². The van der Waals surface area contributed by atoms with Crippen LogP contribution in [0.3, 0.4) is 0 Å². The van der Waals surface area contributed by atoms with Crippen LogP contribution in [0.1, 0.15) is 11.1 Å². The minimum Gasteiger partial charge on any atom is -0.454 e. The zero-order valence-electron chi connectivity index (χ0n) is 17.2. The van der Waals surface area contributed by atoms with Crippen molar-refractivity contribution < 1.29 is 14.2 Å². The molecule has 30 heavy (non-hydrogen) atoms. The number of rotatable bonds is 6. The molecule has 2 N–H and O–H groups in total. The largest absolute Gasteiger partial charge is 0.454 e. The van der Waals surface area contributed by atoms with Gasteiger partial charge in [-0.15, -0.1) is 24.0 Å². The van der Waals surface area contributed by atoms with Gasteiger partial charge in [0.15, 0.2) is 17.5 Å². The van der Waals surface area contributed by atoms with Crippen LogP contribution in [0.5, 0.6) is 11.5 Å². The fraction of sp³-hybridized carbons (Fsp3) is 0.409. The summed E-state index contributed by atoms with van der Waals surface area (Å²) in [7, 11) is 1.79. The molecule has 2 aromatic rings. The summed E-state index contributed by atoms with van der Waals surface area (Å²) >= 11 is 0. The molecule has 0 bridgehead atoms. The molecule has 0 atom stereocenters. The van der Waals surface area contributed by atoms with Crippen molar-refractivity contribution >= 4 is 35.6 Å². The number of hydrogen-bond donors (Lipinski definition) is 2. The number of hydrogen-bond acceptors (Lipinski definition) is 5. The van der Waals surface area contributed by atoms with Gasteiger partial charge in [0.2, 0.25) is 6.79 Å². The number of morpholine rings is 1. The highest BCUT2D eigenvalue weighted by atomic mass is 127. The maximum atomic E-state index is 5.43.